The standard InChI is InChI=1S/C26H8N6O4/c1-29-21-6-5-16(8-22(21)30-2)32-25(35)19-9-17-18(10-20(19)26(32)36)24(34)31(23(17)33)15-4-3-13(11-27)14(7-15)12-28/h3-10H. The van der Waals surface area contributed by atoms with Crippen molar-refractivity contribution in [3.05, 3.63) is 124 Å². The maximum absolute atomic E-state index is 13.1. The molecule has 10 nitrogen and oxygen atoms in total. The van der Waals surface area contributed by atoms with Gasteiger partial charge in [-0.25, -0.2) is 9.13 Å². The Kier molecular flexibility index (Phi) is 4.67. The van der Waals surface area contributed by atoms with Gasteiger partial charge in [0.1, 0.15) is 12.1 Å². The van der Waals surface area contributed by atoms with E-state index in [4.69, 9.17) is 18.4 Å². The van der Waals surface area contributed by atoms with Gasteiger partial charge in [0.25, 0.3) is 22.2 Å². The van der Waals surface area contributed by atoms with Crippen LogP contribution in [0.15, 0.2) is 67.7 Å². The van der Waals surface area contributed by atoms with E-state index in [0.717, 1.165) is 9.13 Å². The number of hydrogen-bond acceptors (Lipinski definition) is 6. The molecule has 0 unspecified atom stereocenters. The highest BCUT2D eigenvalue weighted by Crippen LogP contribution is 2.30. The van der Waals surface area contributed by atoms with Crippen LogP contribution in [-0.4, -0.2) is 9.13 Å². The molecule has 36 heavy (non-hydrogen) atoms. The third-order valence-corrected chi connectivity index (χ3v) is 5.85. The van der Waals surface area contributed by atoms with Gasteiger partial charge in [-0.15, -0.1) is 0 Å². The van der Waals surface area contributed by atoms with Crippen LogP contribution in [0.4, 0.5) is 11.4 Å². The van der Waals surface area contributed by atoms with Crippen molar-refractivity contribution < 1.29 is 0 Å². The van der Waals surface area contributed by atoms with E-state index in [1.807, 2.05) is 12.1 Å². The van der Waals surface area contributed by atoms with E-state index in [-0.39, 0.29) is 55.4 Å². The van der Waals surface area contributed by atoms with Crippen molar-refractivity contribution in [2.75, 3.05) is 0 Å². The smallest absolute Gasteiger partial charge is 0.266 e. The lowest BCUT2D eigenvalue weighted by molar-refractivity contribution is 0.987. The molecule has 0 aliphatic heterocycles. The second-order valence-electron chi connectivity index (χ2n) is 7.68. The predicted molar refractivity (Wildman–Crippen MR) is 130 cm³/mol. The molecule has 0 aliphatic carbocycles. The zero-order valence-electron chi connectivity index (χ0n) is 17.9. The highest BCUT2D eigenvalue weighted by Gasteiger charge is 2.21. The Bertz CT molecular complexity index is 1950. The van der Waals surface area contributed by atoms with Crippen LogP contribution in [0.2, 0.25) is 0 Å². The molecule has 5 rings (SSSR count). The van der Waals surface area contributed by atoms with Gasteiger partial charge in [0.05, 0.1) is 51.5 Å². The van der Waals surface area contributed by atoms with Crippen LogP contribution in [0.1, 0.15) is 11.1 Å². The summed E-state index contributed by atoms with van der Waals surface area (Å²) in [5.74, 6) is 0. The SMILES string of the molecule is [C-]#[N+]c1ccc(-n2c(=O)c3cc4c(=O)n(-c5ccc(C#N)c(C#N)c5)c(=O)c4cc3c2=O)cc1[N+]#[C-]. The van der Waals surface area contributed by atoms with Gasteiger partial charge in [0.2, 0.25) is 0 Å². The summed E-state index contributed by atoms with van der Waals surface area (Å²) in [4.78, 5) is 59.1. The summed E-state index contributed by atoms with van der Waals surface area (Å²) < 4.78 is 1.65. The molecular formula is C26H8N6O4. The van der Waals surface area contributed by atoms with Gasteiger partial charge in [0.15, 0.2) is 11.4 Å². The van der Waals surface area contributed by atoms with Crippen molar-refractivity contribution >= 4 is 32.9 Å². The molecule has 0 bridgehead atoms. The molecule has 2 aromatic heterocycles. The van der Waals surface area contributed by atoms with E-state index in [0.29, 0.717) is 0 Å². The zero-order chi connectivity index (χ0) is 25.7. The van der Waals surface area contributed by atoms with Crippen LogP contribution in [0.5, 0.6) is 0 Å². The third-order valence-electron chi connectivity index (χ3n) is 5.85. The van der Waals surface area contributed by atoms with E-state index < -0.39 is 22.2 Å². The number of fused-ring (bicyclic) bond motifs is 2. The number of nitrogens with zero attached hydrogens (tertiary/aromatic N) is 6. The monoisotopic (exact) mass is 468 g/mol. The molecule has 0 radical (unpaired) electrons. The largest absolute Gasteiger partial charge is 0.268 e. The maximum atomic E-state index is 13.1. The summed E-state index contributed by atoms with van der Waals surface area (Å²) in [7, 11) is 0. The number of benzene rings is 3. The summed E-state index contributed by atoms with van der Waals surface area (Å²) in [5.41, 5.74) is -2.71. The van der Waals surface area contributed by atoms with Crippen molar-refractivity contribution in [1.29, 1.82) is 10.5 Å². The first-order chi connectivity index (χ1) is 17.3. The summed E-state index contributed by atoms with van der Waals surface area (Å²) in [6.07, 6.45) is 0. The summed E-state index contributed by atoms with van der Waals surface area (Å²) >= 11 is 0. The molecule has 0 fully saturated rings. The molecule has 0 atom stereocenters. The average Bonchev–Trinajstić information content (AvgIpc) is 3.30. The average molecular weight is 468 g/mol. The van der Waals surface area contributed by atoms with Gasteiger partial charge in [-0.3, -0.25) is 28.9 Å². The lowest BCUT2D eigenvalue weighted by Gasteiger charge is -2.02. The van der Waals surface area contributed by atoms with Crippen LogP contribution in [0.3, 0.4) is 0 Å². The van der Waals surface area contributed by atoms with Crippen LogP contribution in [0.25, 0.3) is 42.6 Å². The van der Waals surface area contributed by atoms with Crippen molar-refractivity contribution in [1.82, 2.24) is 9.13 Å². The number of hydrogen-bond donors (Lipinski definition) is 0. The zero-order valence-corrected chi connectivity index (χ0v) is 17.9. The second kappa shape index (κ2) is 7.74. The van der Waals surface area contributed by atoms with Crippen molar-refractivity contribution in [2.45, 2.75) is 0 Å². The van der Waals surface area contributed by atoms with Crippen LogP contribution in [0, 0.1) is 35.8 Å². The fourth-order valence-corrected chi connectivity index (χ4v) is 4.14. The van der Waals surface area contributed by atoms with E-state index in [2.05, 4.69) is 9.69 Å². The molecule has 0 spiro atoms. The molecule has 0 saturated heterocycles. The molecule has 166 valence electrons. The minimum atomic E-state index is -0.748. The van der Waals surface area contributed by atoms with Gasteiger partial charge < -0.3 is 0 Å². The molecule has 0 N–H and O–H groups in total. The predicted octanol–water partition coefficient (Wildman–Crippen LogP) is 2.74. The Morgan fingerprint density at radius 3 is 1.47 bits per heavy atom. The topological polar surface area (TPSA) is 134 Å². The molecule has 2 heterocycles. The maximum Gasteiger partial charge on any atom is 0.266 e. The second-order valence-corrected chi connectivity index (χ2v) is 7.68. The van der Waals surface area contributed by atoms with E-state index >= 15 is 0 Å². The summed E-state index contributed by atoms with van der Waals surface area (Å²) in [6.45, 7) is 14.4. The van der Waals surface area contributed by atoms with Crippen LogP contribution in [-0.2, 0) is 0 Å². The van der Waals surface area contributed by atoms with Gasteiger partial charge in [-0.05, 0) is 36.4 Å². The molecule has 3 aromatic carbocycles. The Labute approximate surface area is 200 Å². The number of aromatic nitrogens is 2. The lowest BCUT2D eigenvalue weighted by atomic mass is 10.1. The first kappa shape index (κ1) is 21.7. The minimum Gasteiger partial charge on any atom is -0.268 e. The Morgan fingerprint density at radius 2 is 1.03 bits per heavy atom. The third kappa shape index (κ3) is 2.87. The summed E-state index contributed by atoms with van der Waals surface area (Å²) in [5, 5.41) is 18.0. The fraction of sp³-hybridized carbons (Fsp3) is 0. The van der Waals surface area contributed by atoms with E-state index in [1.165, 1.54) is 48.5 Å². The van der Waals surface area contributed by atoms with E-state index in [1.54, 1.807) is 0 Å². The molecule has 10 heteroatoms. The molecule has 0 saturated carbocycles. The minimum absolute atomic E-state index is 0.0157. The van der Waals surface area contributed by atoms with Crippen LogP contribution >= 0.6 is 0 Å². The lowest BCUT2D eigenvalue weighted by Crippen LogP contribution is -2.24. The molecular weight excluding hydrogens is 460 g/mol. The van der Waals surface area contributed by atoms with E-state index in [9.17, 15) is 24.4 Å². The van der Waals surface area contributed by atoms with Crippen molar-refractivity contribution in [3.63, 3.8) is 0 Å². The Morgan fingerprint density at radius 1 is 0.583 bits per heavy atom. The Balaban J connectivity index is 1.79. The Hall–Kier alpha value is -6.10. The highest BCUT2D eigenvalue weighted by molar-refractivity contribution is 5.98. The molecule has 0 aliphatic rings. The van der Waals surface area contributed by atoms with Gasteiger partial charge in [-0.1, -0.05) is 12.1 Å². The molecule has 5 aromatic rings. The van der Waals surface area contributed by atoms with Crippen molar-refractivity contribution in [2.24, 2.45) is 0 Å². The van der Waals surface area contributed by atoms with Gasteiger partial charge in [0, 0.05) is 5.69 Å². The van der Waals surface area contributed by atoms with Gasteiger partial charge in [-0.2, -0.15) is 10.5 Å². The van der Waals surface area contributed by atoms with Gasteiger partial charge >= 0.3 is 0 Å². The summed E-state index contributed by atoms with van der Waals surface area (Å²) in [6, 6.07) is 13.9. The van der Waals surface area contributed by atoms with Crippen molar-refractivity contribution in [3.8, 4) is 23.5 Å². The normalized spacial score (nSPS) is 10.6. The highest BCUT2D eigenvalue weighted by atomic mass is 16.2. The van der Waals surface area contributed by atoms with Crippen LogP contribution < -0.4 is 22.2 Å². The molecule has 0 amide bonds. The quantitative estimate of drug-likeness (QED) is 0.366. The number of rotatable bonds is 2. The fourth-order valence-electron chi connectivity index (χ4n) is 4.14. The first-order valence-corrected chi connectivity index (χ1v) is 10.1. The number of nitriles is 2. The first-order valence-electron chi connectivity index (χ1n) is 10.1.